The van der Waals surface area contributed by atoms with Gasteiger partial charge in [0.15, 0.2) is 0 Å². The number of aryl methyl sites for hydroxylation is 1. The molecule has 0 spiro atoms. The van der Waals surface area contributed by atoms with E-state index in [-0.39, 0.29) is 35.3 Å². The molecule has 2 aliphatic rings. The predicted octanol–water partition coefficient (Wildman–Crippen LogP) is 2.14. The molecule has 27 heavy (non-hydrogen) atoms. The third-order valence-corrected chi connectivity index (χ3v) is 5.35. The number of carbonyl (C=O) groups is 2. The maximum Gasteiger partial charge on any atom is 0.270 e. The molecule has 0 bridgehead atoms. The van der Waals surface area contributed by atoms with E-state index in [1.165, 1.54) is 0 Å². The fourth-order valence-corrected chi connectivity index (χ4v) is 4.03. The molecule has 4 N–H and O–H groups in total. The standard InChI is InChI=1S/C20H31N5O2/c1-20(2,3)25-17(26)12-8-10-13(11-9-12)22-18(27)16-14-6-4-5-7-15(14)23-19(21)24-16/h12-13H,4-11H2,1-3H3,(H,22,27)(H,25,26)(H2,21,23,24). The number of anilines is 1. The molecule has 1 aromatic rings. The van der Waals surface area contributed by atoms with E-state index in [0.717, 1.165) is 62.6 Å². The van der Waals surface area contributed by atoms with E-state index >= 15 is 0 Å². The average Bonchev–Trinajstić information content (AvgIpc) is 2.60. The summed E-state index contributed by atoms with van der Waals surface area (Å²) in [5, 5.41) is 6.16. The topological polar surface area (TPSA) is 110 Å². The Kier molecular flexibility index (Phi) is 5.67. The van der Waals surface area contributed by atoms with Gasteiger partial charge in [-0.05, 0) is 72.1 Å². The van der Waals surface area contributed by atoms with Crippen LogP contribution in [0.5, 0.6) is 0 Å². The van der Waals surface area contributed by atoms with Crippen molar-refractivity contribution in [3.63, 3.8) is 0 Å². The van der Waals surface area contributed by atoms with Gasteiger partial charge in [-0.3, -0.25) is 9.59 Å². The Hall–Kier alpha value is -2.18. The minimum atomic E-state index is -0.214. The Bertz CT molecular complexity index is 718. The summed E-state index contributed by atoms with van der Waals surface area (Å²) in [4.78, 5) is 33.7. The van der Waals surface area contributed by atoms with Crippen LogP contribution in [0.4, 0.5) is 5.95 Å². The highest BCUT2D eigenvalue weighted by Crippen LogP contribution is 2.27. The molecule has 2 amide bonds. The van der Waals surface area contributed by atoms with Crippen LogP contribution in [-0.2, 0) is 17.6 Å². The summed E-state index contributed by atoms with van der Waals surface area (Å²) >= 11 is 0. The van der Waals surface area contributed by atoms with E-state index < -0.39 is 0 Å². The van der Waals surface area contributed by atoms with E-state index in [9.17, 15) is 9.59 Å². The second-order valence-electron chi connectivity index (χ2n) is 8.82. The fraction of sp³-hybridized carbons (Fsp3) is 0.700. The first-order valence-electron chi connectivity index (χ1n) is 10.0. The number of nitrogens with zero attached hydrogens (tertiary/aromatic N) is 2. The maximum absolute atomic E-state index is 12.8. The van der Waals surface area contributed by atoms with Crippen LogP contribution in [0.2, 0.25) is 0 Å². The number of amides is 2. The van der Waals surface area contributed by atoms with Crippen LogP contribution in [0.1, 0.15) is 81.0 Å². The highest BCUT2D eigenvalue weighted by molar-refractivity contribution is 5.94. The van der Waals surface area contributed by atoms with Crippen LogP contribution in [-0.4, -0.2) is 33.4 Å². The van der Waals surface area contributed by atoms with Crippen LogP contribution in [0.25, 0.3) is 0 Å². The molecule has 7 nitrogen and oxygen atoms in total. The van der Waals surface area contributed by atoms with Crippen molar-refractivity contribution in [3.8, 4) is 0 Å². The number of rotatable bonds is 3. The van der Waals surface area contributed by atoms with Crippen LogP contribution in [0.15, 0.2) is 0 Å². The molecule has 1 saturated carbocycles. The van der Waals surface area contributed by atoms with E-state index in [0.29, 0.717) is 5.69 Å². The lowest BCUT2D eigenvalue weighted by molar-refractivity contribution is -0.127. The van der Waals surface area contributed by atoms with Crippen molar-refractivity contribution < 1.29 is 9.59 Å². The molecule has 1 heterocycles. The second-order valence-corrected chi connectivity index (χ2v) is 8.82. The molecule has 1 fully saturated rings. The first-order valence-corrected chi connectivity index (χ1v) is 10.0. The van der Waals surface area contributed by atoms with E-state index in [1.54, 1.807) is 0 Å². The largest absolute Gasteiger partial charge is 0.368 e. The maximum atomic E-state index is 12.8. The summed E-state index contributed by atoms with van der Waals surface area (Å²) in [5.74, 6) is 0.151. The average molecular weight is 374 g/mol. The first-order chi connectivity index (χ1) is 12.7. The van der Waals surface area contributed by atoms with Gasteiger partial charge in [-0.15, -0.1) is 0 Å². The predicted molar refractivity (Wildman–Crippen MR) is 104 cm³/mol. The van der Waals surface area contributed by atoms with Crippen LogP contribution >= 0.6 is 0 Å². The zero-order chi connectivity index (χ0) is 19.6. The summed E-state index contributed by atoms with van der Waals surface area (Å²) in [7, 11) is 0. The molecule has 0 aliphatic heterocycles. The molecule has 3 rings (SSSR count). The van der Waals surface area contributed by atoms with Gasteiger partial charge in [0, 0.05) is 28.8 Å². The number of aromatic nitrogens is 2. The Morgan fingerprint density at radius 1 is 1.04 bits per heavy atom. The molecule has 7 heteroatoms. The monoisotopic (exact) mass is 373 g/mol. The van der Waals surface area contributed by atoms with Crippen molar-refractivity contribution in [1.29, 1.82) is 0 Å². The van der Waals surface area contributed by atoms with Crippen molar-refractivity contribution in [1.82, 2.24) is 20.6 Å². The van der Waals surface area contributed by atoms with Crippen LogP contribution < -0.4 is 16.4 Å². The Balaban J connectivity index is 1.59. The summed E-state index contributed by atoms with van der Waals surface area (Å²) in [6.45, 7) is 5.97. The van der Waals surface area contributed by atoms with Gasteiger partial charge in [0.05, 0.1) is 0 Å². The third kappa shape index (κ3) is 4.96. The lowest BCUT2D eigenvalue weighted by Gasteiger charge is -2.31. The molecular formula is C20H31N5O2. The van der Waals surface area contributed by atoms with E-state index in [4.69, 9.17) is 5.73 Å². The lowest BCUT2D eigenvalue weighted by atomic mass is 9.85. The van der Waals surface area contributed by atoms with Crippen molar-refractivity contribution >= 4 is 17.8 Å². The molecule has 1 aromatic heterocycles. The first kappa shape index (κ1) is 19.6. The number of nitrogens with one attached hydrogen (secondary N) is 2. The molecular weight excluding hydrogens is 342 g/mol. The van der Waals surface area contributed by atoms with Crippen molar-refractivity contribution in [3.05, 3.63) is 17.0 Å². The van der Waals surface area contributed by atoms with Gasteiger partial charge in [-0.2, -0.15) is 0 Å². The Morgan fingerprint density at radius 2 is 1.70 bits per heavy atom. The van der Waals surface area contributed by atoms with Crippen LogP contribution in [0.3, 0.4) is 0 Å². The summed E-state index contributed by atoms with van der Waals surface area (Å²) in [6, 6.07) is 0.0756. The van der Waals surface area contributed by atoms with Gasteiger partial charge in [-0.25, -0.2) is 9.97 Å². The summed E-state index contributed by atoms with van der Waals surface area (Å²) in [5.41, 5.74) is 7.90. The third-order valence-electron chi connectivity index (χ3n) is 5.35. The zero-order valence-electron chi connectivity index (χ0n) is 16.6. The van der Waals surface area contributed by atoms with E-state index in [2.05, 4.69) is 20.6 Å². The molecule has 0 radical (unpaired) electrons. The van der Waals surface area contributed by atoms with Crippen molar-refractivity contribution in [2.45, 2.75) is 83.7 Å². The second kappa shape index (κ2) is 7.82. The van der Waals surface area contributed by atoms with E-state index in [1.807, 2.05) is 20.8 Å². The number of carbonyl (C=O) groups excluding carboxylic acids is 2. The van der Waals surface area contributed by atoms with Crippen molar-refractivity contribution in [2.75, 3.05) is 5.73 Å². The van der Waals surface area contributed by atoms with Crippen LogP contribution in [0, 0.1) is 5.92 Å². The number of nitrogen functional groups attached to an aromatic ring is 1. The highest BCUT2D eigenvalue weighted by atomic mass is 16.2. The molecule has 0 aromatic carbocycles. The Morgan fingerprint density at radius 3 is 2.37 bits per heavy atom. The molecule has 0 saturated heterocycles. The van der Waals surface area contributed by atoms with Gasteiger partial charge in [0.2, 0.25) is 11.9 Å². The molecule has 0 atom stereocenters. The Labute approximate surface area is 160 Å². The minimum absolute atomic E-state index is 0.0276. The normalized spacial score (nSPS) is 22.6. The number of hydrogen-bond donors (Lipinski definition) is 3. The van der Waals surface area contributed by atoms with Gasteiger partial charge >= 0.3 is 0 Å². The zero-order valence-corrected chi connectivity index (χ0v) is 16.6. The highest BCUT2D eigenvalue weighted by Gasteiger charge is 2.30. The number of fused-ring (bicyclic) bond motifs is 1. The lowest BCUT2D eigenvalue weighted by Crippen LogP contribution is -2.46. The number of nitrogens with two attached hydrogens (primary N) is 1. The SMILES string of the molecule is CC(C)(C)NC(=O)C1CCC(NC(=O)c2nc(N)nc3c2CCCC3)CC1. The minimum Gasteiger partial charge on any atom is -0.368 e. The molecule has 2 aliphatic carbocycles. The summed E-state index contributed by atoms with van der Waals surface area (Å²) < 4.78 is 0. The quantitative estimate of drug-likeness (QED) is 0.752. The van der Waals surface area contributed by atoms with Crippen molar-refractivity contribution in [2.24, 2.45) is 5.92 Å². The molecule has 0 unspecified atom stereocenters. The number of hydrogen-bond acceptors (Lipinski definition) is 5. The fourth-order valence-electron chi connectivity index (χ4n) is 4.03. The van der Waals surface area contributed by atoms with Gasteiger partial charge in [-0.1, -0.05) is 0 Å². The van der Waals surface area contributed by atoms with Gasteiger partial charge < -0.3 is 16.4 Å². The molecule has 148 valence electrons. The van der Waals surface area contributed by atoms with Gasteiger partial charge in [0.25, 0.3) is 5.91 Å². The smallest absolute Gasteiger partial charge is 0.270 e. The van der Waals surface area contributed by atoms with Gasteiger partial charge in [0.1, 0.15) is 5.69 Å². The summed E-state index contributed by atoms with van der Waals surface area (Å²) in [6.07, 6.45) is 7.00.